The molecule has 6 rings (SSSR count). The van der Waals surface area contributed by atoms with Gasteiger partial charge in [0.1, 0.15) is 18.5 Å². The summed E-state index contributed by atoms with van der Waals surface area (Å²) in [6, 6.07) is 10.4. The largest absolute Gasteiger partial charge is 0.382 e. The van der Waals surface area contributed by atoms with Gasteiger partial charge < -0.3 is 20.1 Å². The van der Waals surface area contributed by atoms with E-state index in [1.807, 2.05) is 32.3 Å². The van der Waals surface area contributed by atoms with Crippen LogP contribution in [-0.2, 0) is 20.8 Å². The summed E-state index contributed by atoms with van der Waals surface area (Å²) in [7, 11) is 0. The second-order valence-corrected chi connectivity index (χ2v) is 8.82. The first kappa shape index (κ1) is 21.7. The van der Waals surface area contributed by atoms with E-state index >= 15 is 0 Å². The van der Waals surface area contributed by atoms with Crippen LogP contribution in [0.25, 0.3) is 28.0 Å². The second-order valence-electron chi connectivity index (χ2n) is 8.82. The molecular weight excluding hydrogens is 448 g/mol. The van der Waals surface area contributed by atoms with Crippen LogP contribution in [0.2, 0.25) is 0 Å². The summed E-state index contributed by atoms with van der Waals surface area (Å²) in [4.78, 5) is 18.3. The smallest absolute Gasteiger partial charge is 0.248 e. The van der Waals surface area contributed by atoms with Crippen LogP contribution in [0.5, 0.6) is 0 Å². The predicted octanol–water partition coefficient (Wildman–Crippen LogP) is 1.95. The number of nitrogens with zero attached hydrogens (tertiary/aromatic N) is 7. The first-order chi connectivity index (χ1) is 17.2. The van der Waals surface area contributed by atoms with Gasteiger partial charge in [0.25, 0.3) is 0 Å². The molecular formula is C24H26N8O3. The van der Waals surface area contributed by atoms with Crippen molar-refractivity contribution in [2.45, 2.75) is 25.4 Å². The molecule has 180 valence electrons. The first-order valence-electron chi connectivity index (χ1n) is 11.7. The third kappa shape index (κ3) is 4.02. The van der Waals surface area contributed by atoms with Gasteiger partial charge in [-0.3, -0.25) is 4.79 Å². The highest BCUT2D eigenvalue weighted by atomic mass is 16.5. The number of nitrogen functional groups attached to an aromatic ring is 1. The van der Waals surface area contributed by atoms with Crippen LogP contribution < -0.4 is 5.73 Å². The number of ether oxygens (including phenoxy) is 2. The van der Waals surface area contributed by atoms with Crippen LogP contribution in [0.4, 0.5) is 5.82 Å². The average molecular weight is 475 g/mol. The molecule has 2 aliphatic rings. The molecule has 0 spiro atoms. The molecule has 0 saturated carbocycles. The van der Waals surface area contributed by atoms with Gasteiger partial charge in [-0.05, 0) is 30.5 Å². The summed E-state index contributed by atoms with van der Waals surface area (Å²) in [6.45, 7) is 3.23. The average Bonchev–Trinajstić information content (AvgIpc) is 3.52. The van der Waals surface area contributed by atoms with Crippen molar-refractivity contribution >= 4 is 17.2 Å². The number of carbonyl (C=O) groups excluding carboxylic acids is 1. The standard InChI is InChI=1S/C24H26N8O3/c25-24-23-19(21-12-27-29-31(21)18-4-7-34-8-5-18)11-20(32(23)28-15-26-24)17-3-1-2-16(10-17)13-30-6-9-35-14-22(30)33/h1-3,10-12,15,18H,4-9,13-14H2,(H2,25,26,28). The highest BCUT2D eigenvalue weighted by Gasteiger charge is 2.25. The Kier molecular flexibility index (Phi) is 5.63. The molecule has 2 aliphatic heterocycles. The molecule has 2 N–H and O–H groups in total. The summed E-state index contributed by atoms with van der Waals surface area (Å²) < 4.78 is 14.6. The molecule has 11 heteroatoms. The lowest BCUT2D eigenvalue weighted by Gasteiger charge is -2.26. The van der Waals surface area contributed by atoms with E-state index < -0.39 is 0 Å². The molecule has 0 radical (unpaired) electrons. The van der Waals surface area contributed by atoms with E-state index in [4.69, 9.17) is 15.2 Å². The van der Waals surface area contributed by atoms with Crippen molar-refractivity contribution in [1.82, 2.24) is 34.5 Å². The molecule has 0 atom stereocenters. The highest BCUT2D eigenvalue weighted by molar-refractivity contribution is 5.90. The van der Waals surface area contributed by atoms with Crippen molar-refractivity contribution < 1.29 is 14.3 Å². The van der Waals surface area contributed by atoms with Crippen molar-refractivity contribution in [3.05, 3.63) is 48.4 Å². The molecule has 11 nitrogen and oxygen atoms in total. The fraction of sp³-hybridized carbons (Fsp3) is 0.375. The fourth-order valence-electron chi connectivity index (χ4n) is 4.87. The van der Waals surface area contributed by atoms with Crippen molar-refractivity contribution in [3.63, 3.8) is 0 Å². The number of amides is 1. The Morgan fingerprint density at radius 1 is 1.09 bits per heavy atom. The Labute approximate surface area is 201 Å². The maximum absolute atomic E-state index is 12.2. The van der Waals surface area contributed by atoms with Crippen molar-refractivity contribution in [2.24, 2.45) is 0 Å². The maximum Gasteiger partial charge on any atom is 0.248 e. The summed E-state index contributed by atoms with van der Waals surface area (Å²) in [6.07, 6.45) is 4.98. The van der Waals surface area contributed by atoms with E-state index in [0.29, 0.717) is 44.2 Å². The number of anilines is 1. The van der Waals surface area contributed by atoms with Crippen molar-refractivity contribution in [2.75, 3.05) is 38.7 Å². The van der Waals surface area contributed by atoms with E-state index in [1.54, 1.807) is 6.20 Å². The van der Waals surface area contributed by atoms with Gasteiger partial charge in [0.05, 0.1) is 30.2 Å². The SMILES string of the molecule is Nc1ncnn2c(-c3cccc(CN4CCOCC4=O)c3)cc(-c3cnnn3C3CCOCC3)c12. The molecule has 2 fully saturated rings. The summed E-state index contributed by atoms with van der Waals surface area (Å²) >= 11 is 0. The number of hydrogen-bond acceptors (Lipinski definition) is 8. The highest BCUT2D eigenvalue weighted by Crippen LogP contribution is 2.36. The summed E-state index contributed by atoms with van der Waals surface area (Å²) in [5, 5.41) is 13.1. The van der Waals surface area contributed by atoms with Gasteiger partial charge in [0.2, 0.25) is 5.91 Å². The van der Waals surface area contributed by atoms with Crippen LogP contribution in [0.15, 0.2) is 42.9 Å². The van der Waals surface area contributed by atoms with E-state index in [-0.39, 0.29) is 18.6 Å². The van der Waals surface area contributed by atoms with Crippen LogP contribution in [-0.4, -0.2) is 73.4 Å². The maximum atomic E-state index is 12.2. The van der Waals surface area contributed by atoms with Gasteiger partial charge in [0, 0.05) is 37.4 Å². The molecule has 35 heavy (non-hydrogen) atoms. The lowest BCUT2D eigenvalue weighted by Crippen LogP contribution is -2.40. The van der Waals surface area contributed by atoms with Crippen molar-refractivity contribution in [1.29, 1.82) is 0 Å². The third-order valence-corrected chi connectivity index (χ3v) is 6.65. The van der Waals surface area contributed by atoms with Crippen LogP contribution in [0, 0.1) is 0 Å². The normalized spacial score (nSPS) is 17.4. The van der Waals surface area contributed by atoms with Gasteiger partial charge in [-0.2, -0.15) is 5.10 Å². The minimum absolute atomic E-state index is 0.00599. The minimum Gasteiger partial charge on any atom is -0.382 e. The van der Waals surface area contributed by atoms with Gasteiger partial charge >= 0.3 is 0 Å². The van der Waals surface area contributed by atoms with Gasteiger partial charge in [-0.25, -0.2) is 14.2 Å². The number of rotatable bonds is 5. The van der Waals surface area contributed by atoms with Crippen LogP contribution in [0.3, 0.4) is 0 Å². The Bertz CT molecular complexity index is 1370. The van der Waals surface area contributed by atoms with Crippen molar-refractivity contribution in [3.8, 4) is 22.5 Å². The Hall–Kier alpha value is -3.83. The molecule has 3 aromatic heterocycles. The van der Waals surface area contributed by atoms with Crippen LogP contribution >= 0.6 is 0 Å². The first-order valence-corrected chi connectivity index (χ1v) is 11.7. The fourth-order valence-corrected chi connectivity index (χ4v) is 4.87. The van der Waals surface area contributed by atoms with E-state index in [9.17, 15) is 4.79 Å². The lowest BCUT2D eigenvalue weighted by molar-refractivity contribution is -0.143. The third-order valence-electron chi connectivity index (χ3n) is 6.65. The Morgan fingerprint density at radius 2 is 1.97 bits per heavy atom. The Morgan fingerprint density at radius 3 is 2.83 bits per heavy atom. The second kappa shape index (κ2) is 9.08. The number of nitrogens with two attached hydrogens (primary N) is 1. The monoisotopic (exact) mass is 474 g/mol. The van der Waals surface area contributed by atoms with Gasteiger partial charge in [-0.1, -0.05) is 23.4 Å². The molecule has 0 aliphatic carbocycles. The molecule has 0 bridgehead atoms. The zero-order chi connectivity index (χ0) is 23.8. The molecule has 1 amide bonds. The number of carbonyl (C=O) groups is 1. The molecule has 1 aromatic carbocycles. The number of aromatic nitrogens is 6. The van der Waals surface area contributed by atoms with E-state index in [1.165, 1.54) is 6.33 Å². The zero-order valence-electron chi connectivity index (χ0n) is 19.2. The number of morpholine rings is 1. The number of benzene rings is 1. The number of hydrogen-bond donors (Lipinski definition) is 1. The lowest BCUT2D eigenvalue weighted by atomic mass is 10.1. The minimum atomic E-state index is 0.00599. The zero-order valence-corrected chi connectivity index (χ0v) is 19.2. The topological polar surface area (TPSA) is 126 Å². The predicted molar refractivity (Wildman–Crippen MR) is 127 cm³/mol. The molecule has 2 saturated heterocycles. The Balaban J connectivity index is 1.42. The molecule has 5 heterocycles. The quantitative estimate of drug-likeness (QED) is 0.465. The summed E-state index contributed by atoms with van der Waals surface area (Å²) in [5.74, 6) is 0.391. The van der Waals surface area contributed by atoms with Crippen LogP contribution in [0.1, 0.15) is 24.4 Å². The van der Waals surface area contributed by atoms with Gasteiger partial charge in [0.15, 0.2) is 5.82 Å². The molecule has 4 aromatic rings. The van der Waals surface area contributed by atoms with Gasteiger partial charge in [-0.15, -0.1) is 5.10 Å². The number of fused-ring (bicyclic) bond motifs is 1. The van der Waals surface area contributed by atoms with E-state index in [0.717, 1.165) is 40.9 Å². The summed E-state index contributed by atoms with van der Waals surface area (Å²) in [5.41, 5.74) is 11.7. The van der Waals surface area contributed by atoms with E-state index in [2.05, 4.69) is 32.5 Å². The molecule has 0 unspecified atom stereocenters.